The second-order valence-electron chi connectivity index (χ2n) is 19.2. The van der Waals surface area contributed by atoms with Crippen molar-refractivity contribution in [3.8, 4) is 23.7 Å². The van der Waals surface area contributed by atoms with Gasteiger partial charge >= 0.3 is 0 Å². The molecular weight excluding hydrogens is 553 g/mol. The van der Waals surface area contributed by atoms with Gasteiger partial charge in [0.2, 0.25) is 0 Å². The van der Waals surface area contributed by atoms with Crippen LogP contribution in [-0.2, 0) is 5.41 Å². The summed E-state index contributed by atoms with van der Waals surface area (Å²) in [6.07, 6.45) is 17.3. The molecule has 0 heterocycles. The minimum Gasteiger partial charge on any atom is -0.0622 e. The monoisotopic (exact) mass is 602 g/mol. The standard InChI is InChI=1S/C46H50/c1-40-22-38-23-41(2,25-40)30-45(24-38,29-40)46-31-42(3)26-43(4,32-46)28-44(27-42,33-46)39-20-36(17-15-34-11-7-5-8-12-34)19-37(21-39)18-16-35-13-9-6-10-14-35/h5-14,19-21,38H,22-33H2,1-4H3. The SMILES string of the molecule is CC12CC3CC(C)(C1)CC(C14CC5(C)CC(C)(CC(c6cc(C#Cc7ccccc7)cc(C#Cc7ccccc7)c6)(C5)C1)C4)(C3)C2. The largest absolute Gasteiger partial charge is 0.0622 e. The lowest BCUT2D eigenvalue weighted by atomic mass is 9.26. The predicted octanol–water partition coefficient (Wildman–Crippen LogP) is 11.1. The molecule has 8 saturated carbocycles. The molecule has 0 nitrogen and oxygen atoms in total. The Morgan fingerprint density at radius 2 is 0.891 bits per heavy atom. The molecule has 46 heavy (non-hydrogen) atoms. The summed E-state index contributed by atoms with van der Waals surface area (Å²) in [5.41, 5.74) is 9.03. The van der Waals surface area contributed by atoms with Crippen LogP contribution in [0.4, 0.5) is 0 Å². The fourth-order valence-corrected chi connectivity index (χ4v) is 15.0. The third-order valence-electron chi connectivity index (χ3n) is 14.1. The molecule has 0 radical (unpaired) electrons. The van der Waals surface area contributed by atoms with Crippen LogP contribution in [0.3, 0.4) is 0 Å². The molecule has 3 aromatic rings. The van der Waals surface area contributed by atoms with Gasteiger partial charge in [-0.3, -0.25) is 0 Å². The first-order chi connectivity index (χ1) is 21.9. The molecule has 0 aromatic heterocycles. The van der Waals surface area contributed by atoms with Crippen LogP contribution in [0.5, 0.6) is 0 Å². The van der Waals surface area contributed by atoms with Crippen molar-refractivity contribution in [3.63, 3.8) is 0 Å². The smallest absolute Gasteiger partial charge is 0.0264 e. The molecule has 4 atom stereocenters. The maximum Gasteiger partial charge on any atom is 0.0264 e. The lowest BCUT2D eigenvalue weighted by Gasteiger charge is -2.78. The molecule has 0 spiro atoms. The van der Waals surface area contributed by atoms with E-state index in [1.165, 1.54) is 82.6 Å². The van der Waals surface area contributed by atoms with Gasteiger partial charge in [-0.1, -0.05) is 87.8 Å². The summed E-state index contributed by atoms with van der Waals surface area (Å²) >= 11 is 0. The van der Waals surface area contributed by atoms with Gasteiger partial charge in [0.05, 0.1) is 0 Å². The zero-order valence-corrected chi connectivity index (χ0v) is 28.6. The van der Waals surface area contributed by atoms with Gasteiger partial charge in [-0.15, -0.1) is 0 Å². The summed E-state index contributed by atoms with van der Waals surface area (Å²) < 4.78 is 0. The third-order valence-corrected chi connectivity index (χ3v) is 14.1. The minimum absolute atomic E-state index is 0.205. The highest BCUT2D eigenvalue weighted by Crippen LogP contribution is 2.83. The van der Waals surface area contributed by atoms with E-state index in [1.807, 2.05) is 0 Å². The van der Waals surface area contributed by atoms with Crippen molar-refractivity contribution in [3.05, 3.63) is 107 Å². The fourth-order valence-electron chi connectivity index (χ4n) is 15.0. The summed E-state index contributed by atoms with van der Waals surface area (Å²) in [6.45, 7) is 10.8. The van der Waals surface area contributed by atoms with E-state index in [9.17, 15) is 0 Å². The Labute approximate surface area is 278 Å². The van der Waals surface area contributed by atoms with Crippen molar-refractivity contribution in [2.45, 2.75) is 110 Å². The molecule has 8 fully saturated rings. The van der Waals surface area contributed by atoms with Crippen LogP contribution in [0.15, 0.2) is 78.9 Å². The molecule has 0 heteroatoms. The second kappa shape index (κ2) is 9.44. The van der Waals surface area contributed by atoms with Crippen LogP contribution >= 0.6 is 0 Å². The van der Waals surface area contributed by atoms with Gasteiger partial charge in [0.25, 0.3) is 0 Å². The van der Waals surface area contributed by atoms with Crippen LogP contribution in [0.25, 0.3) is 0 Å². The average molecular weight is 603 g/mol. The van der Waals surface area contributed by atoms with Crippen LogP contribution in [0.1, 0.15) is 133 Å². The molecule has 0 saturated heterocycles. The van der Waals surface area contributed by atoms with E-state index in [2.05, 4.69) is 130 Å². The molecule has 0 amide bonds. The van der Waals surface area contributed by atoms with Crippen LogP contribution in [0, 0.1) is 62.1 Å². The molecule has 8 bridgehead atoms. The molecule has 11 rings (SSSR count). The van der Waals surface area contributed by atoms with Crippen molar-refractivity contribution in [2.24, 2.45) is 38.4 Å². The normalized spacial score (nSPS) is 42.7. The molecular formula is C46H50. The maximum atomic E-state index is 3.60. The van der Waals surface area contributed by atoms with E-state index in [-0.39, 0.29) is 5.41 Å². The average Bonchev–Trinajstić information content (AvgIpc) is 2.96. The van der Waals surface area contributed by atoms with E-state index in [1.54, 1.807) is 0 Å². The van der Waals surface area contributed by atoms with Gasteiger partial charge in [0, 0.05) is 22.3 Å². The molecule has 0 aliphatic heterocycles. The van der Waals surface area contributed by atoms with Crippen molar-refractivity contribution in [1.29, 1.82) is 0 Å². The highest BCUT2D eigenvalue weighted by molar-refractivity contribution is 5.53. The Morgan fingerprint density at radius 3 is 1.39 bits per heavy atom. The van der Waals surface area contributed by atoms with Crippen LogP contribution < -0.4 is 0 Å². The Bertz CT molecular complexity index is 1720. The minimum atomic E-state index is 0.205. The summed E-state index contributed by atoms with van der Waals surface area (Å²) in [5, 5.41) is 0. The van der Waals surface area contributed by atoms with Gasteiger partial charge in [0.15, 0.2) is 0 Å². The van der Waals surface area contributed by atoms with Crippen molar-refractivity contribution < 1.29 is 0 Å². The zero-order valence-electron chi connectivity index (χ0n) is 28.6. The lowest BCUT2D eigenvalue weighted by Crippen LogP contribution is -2.69. The van der Waals surface area contributed by atoms with E-state index >= 15 is 0 Å². The lowest BCUT2D eigenvalue weighted by molar-refractivity contribution is -0.270. The zero-order chi connectivity index (χ0) is 31.5. The molecule has 3 aromatic carbocycles. The quantitative estimate of drug-likeness (QED) is 0.256. The maximum absolute atomic E-state index is 3.60. The Balaban J connectivity index is 1.18. The van der Waals surface area contributed by atoms with Gasteiger partial charge in [-0.2, -0.15) is 0 Å². The van der Waals surface area contributed by atoms with E-state index < -0.39 is 0 Å². The number of rotatable bonds is 2. The van der Waals surface area contributed by atoms with Crippen molar-refractivity contribution in [1.82, 2.24) is 0 Å². The summed E-state index contributed by atoms with van der Waals surface area (Å²) in [5.74, 6) is 15.1. The van der Waals surface area contributed by atoms with E-state index in [0.717, 1.165) is 28.2 Å². The summed E-state index contributed by atoms with van der Waals surface area (Å²) in [7, 11) is 0. The fraction of sp³-hybridized carbons (Fsp3) is 0.522. The first-order valence-electron chi connectivity index (χ1n) is 18.2. The highest BCUT2D eigenvalue weighted by Gasteiger charge is 2.74. The van der Waals surface area contributed by atoms with Gasteiger partial charge in [-0.25, -0.2) is 0 Å². The molecule has 8 aliphatic carbocycles. The van der Waals surface area contributed by atoms with Gasteiger partial charge < -0.3 is 0 Å². The van der Waals surface area contributed by atoms with Gasteiger partial charge in [-0.05, 0) is 169 Å². The molecule has 0 N–H and O–H groups in total. The van der Waals surface area contributed by atoms with Gasteiger partial charge in [0.1, 0.15) is 0 Å². The van der Waals surface area contributed by atoms with Crippen molar-refractivity contribution in [2.75, 3.05) is 0 Å². The Hall–Kier alpha value is -3.22. The first kappa shape index (κ1) is 29.0. The van der Waals surface area contributed by atoms with Crippen LogP contribution in [0.2, 0.25) is 0 Å². The summed E-state index contributed by atoms with van der Waals surface area (Å²) in [4.78, 5) is 0. The topological polar surface area (TPSA) is 0 Å². The number of hydrogen-bond donors (Lipinski definition) is 0. The Kier molecular flexibility index (Phi) is 5.94. The van der Waals surface area contributed by atoms with E-state index in [4.69, 9.17) is 0 Å². The number of benzene rings is 3. The van der Waals surface area contributed by atoms with Crippen molar-refractivity contribution >= 4 is 0 Å². The summed E-state index contributed by atoms with van der Waals surface area (Å²) in [6, 6.07) is 28.2. The highest BCUT2D eigenvalue weighted by atomic mass is 14.8. The Morgan fingerprint density at radius 1 is 0.435 bits per heavy atom. The molecule has 234 valence electrons. The number of hydrogen-bond acceptors (Lipinski definition) is 0. The molecule has 8 aliphatic rings. The molecule has 4 unspecified atom stereocenters. The van der Waals surface area contributed by atoms with E-state index in [0.29, 0.717) is 32.5 Å². The third kappa shape index (κ3) is 4.57. The first-order valence-corrected chi connectivity index (χ1v) is 18.2. The predicted molar refractivity (Wildman–Crippen MR) is 189 cm³/mol. The second-order valence-corrected chi connectivity index (χ2v) is 19.2. The van der Waals surface area contributed by atoms with Crippen LogP contribution in [-0.4, -0.2) is 0 Å².